The first-order valence-corrected chi connectivity index (χ1v) is 14.1. The third kappa shape index (κ3) is 7.88. The predicted octanol–water partition coefficient (Wildman–Crippen LogP) is 4.00. The average Bonchev–Trinajstić information content (AvgIpc) is 2.91. The molecule has 2 amide bonds. The molecular formula is C30H42N6O3. The number of amides is 2. The number of carbonyl (C=O) groups excluding carboxylic acids is 2. The molecule has 1 atom stereocenters. The lowest BCUT2D eigenvalue weighted by Gasteiger charge is -2.31. The highest BCUT2D eigenvalue weighted by molar-refractivity contribution is 5.88. The molecule has 4 N–H and O–H groups in total. The van der Waals surface area contributed by atoms with Crippen molar-refractivity contribution >= 4 is 29.1 Å². The van der Waals surface area contributed by atoms with Gasteiger partial charge < -0.3 is 30.9 Å². The number of aliphatic imine (C=N–C) groups is 1. The summed E-state index contributed by atoms with van der Waals surface area (Å²) in [5.74, 6) is 1.52. The van der Waals surface area contributed by atoms with Gasteiger partial charge in [-0.05, 0) is 54.9 Å². The van der Waals surface area contributed by atoms with Gasteiger partial charge in [0.1, 0.15) is 12.3 Å². The van der Waals surface area contributed by atoms with Gasteiger partial charge in [0.05, 0.1) is 18.5 Å². The summed E-state index contributed by atoms with van der Waals surface area (Å²) in [6.07, 6.45) is 3.70. The number of fused-ring (bicyclic) bond motifs is 2. The van der Waals surface area contributed by atoms with E-state index in [0.29, 0.717) is 43.6 Å². The number of hydrogen-bond acceptors (Lipinski definition) is 7. The lowest BCUT2D eigenvalue weighted by Crippen LogP contribution is -2.47. The number of nitrogens with zero attached hydrogens (tertiary/aromatic N) is 3. The Hall–Kier alpha value is -3.75. The Bertz CT molecular complexity index is 1180. The highest BCUT2D eigenvalue weighted by Gasteiger charge is 2.24. The van der Waals surface area contributed by atoms with Crippen molar-refractivity contribution in [2.45, 2.75) is 65.6 Å². The number of ether oxygens (including phenoxy) is 1. The number of para-hydroxylation sites is 1. The van der Waals surface area contributed by atoms with Crippen molar-refractivity contribution in [3.05, 3.63) is 53.6 Å². The normalized spacial score (nSPS) is 16.1. The summed E-state index contributed by atoms with van der Waals surface area (Å²) in [6, 6.07) is 13.9. The van der Waals surface area contributed by atoms with Crippen LogP contribution in [0.15, 0.2) is 47.5 Å². The number of benzene rings is 2. The van der Waals surface area contributed by atoms with Crippen molar-refractivity contribution in [3.63, 3.8) is 0 Å². The summed E-state index contributed by atoms with van der Waals surface area (Å²) in [5, 5.41) is 6.47. The molecule has 9 nitrogen and oxygen atoms in total. The van der Waals surface area contributed by atoms with E-state index in [9.17, 15) is 9.59 Å². The number of aryl methyl sites for hydroxylation is 1. The number of nitrogens with two attached hydrogens (primary N) is 1. The Balaban J connectivity index is 1.22. The van der Waals surface area contributed by atoms with Crippen LogP contribution < -0.4 is 21.1 Å². The standard InChI is InChI=1S/C30H42N6O3/c1-4-15-35(18-21(2)3)29(38)20-36-19-23-11-13-24(17-26(23)33-30(36)31)39-16-7-10-28(37)34-27-14-12-22-8-5-6-9-25(22)32-27/h5-6,8-9,11,13,17,21,27,32H,4,7,10,12,14-16,18-20H2,1-3H3,(H2,31,33)(H,34,37). The van der Waals surface area contributed by atoms with Crippen LogP contribution in [0.4, 0.5) is 11.4 Å². The summed E-state index contributed by atoms with van der Waals surface area (Å²) < 4.78 is 5.90. The minimum atomic E-state index is -0.0444. The van der Waals surface area contributed by atoms with E-state index in [2.05, 4.69) is 42.5 Å². The molecule has 2 aliphatic rings. The maximum atomic E-state index is 12.9. The summed E-state index contributed by atoms with van der Waals surface area (Å²) in [6.45, 7) is 8.96. The van der Waals surface area contributed by atoms with Gasteiger partial charge in [-0.25, -0.2) is 4.99 Å². The molecule has 0 aliphatic carbocycles. The lowest BCUT2D eigenvalue weighted by molar-refractivity contribution is -0.132. The molecule has 2 aromatic carbocycles. The zero-order valence-electron chi connectivity index (χ0n) is 23.4. The van der Waals surface area contributed by atoms with Gasteiger partial charge in [-0.2, -0.15) is 0 Å². The first-order chi connectivity index (χ1) is 18.8. The number of hydrogen-bond donors (Lipinski definition) is 3. The molecular weight excluding hydrogens is 492 g/mol. The number of carbonyl (C=O) groups is 2. The maximum absolute atomic E-state index is 12.9. The smallest absolute Gasteiger partial charge is 0.242 e. The first-order valence-electron chi connectivity index (χ1n) is 14.1. The van der Waals surface area contributed by atoms with Crippen molar-refractivity contribution < 1.29 is 14.3 Å². The summed E-state index contributed by atoms with van der Waals surface area (Å²) in [4.78, 5) is 33.6. The van der Waals surface area contributed by atoms with E-state index in [1.165, 1.54) is 5.56 Å². The van der Waals surface area contributed by atoms with E-state index in [4.69, 9.17) is 10.5 Å². The molecule has 39 heavy (non-hydrogen) atoms. The van der Waals surface area contributed by atoms with E-state index < -0.39 is 0 Å². The SMILES string of the molecule is CCCN(CC(C)C)C(=O)CN1Cc2ccc(OCCCC(=O)NC3CCc4ccccc4N3)cc2N=C1N. The van der Waals surface area contributed by atoms with Crippen LogP contribution in [-0.4, -0.2) is 60.0 Å². The molecule has 0 saturated carbocycles. The third-order valence-corrected chi connectivity index (χ3v) is 6.94. The molecule has 0 bridgehead atoms. The highest BCUT2D eigenvalue weighted by Crippen LogP contribution is 2.30. The molecule has 1 unspecified atom stereocenters. The van der Waals surface area contributed by atoms with E-state index in [1.54, 1.807) is 0 Å². The molecule has 4 rings (SSSR count). The summed E-state index contributed by atoms with van der Waals surface area (Å²) in [7, 11) is 0. The topological polar surface area (TPSA) is 112 Å². The minimum absolute atomic E-state index is 0.0128. The van der Waals surface area contributed by atoms with Gasteiger partial charge in [-0.1, -0.05) is 45.0 Å². The molecule has 9 heteroatoms. The van der Waals surface area contributed by atoms with Gasteiger partial charge >= 0.3 is 0 Å². The van der Waals surface area contributed by atoms with Crippen LogP contribution in [-0.2, 0) is 22.6 Å². The molecule has 2 aliphatic heterocycles. The molecule has 0 saturated heterocycles. The van der Waals surface area contributed by atoms with E-state index in [0.717, 1.165) is 49.3 Å². The van der Waals surface area contributed by atoms with Crippen molar-refractivity contribution in [2.24, 2.45) is 16.6 Å². The fourth-order valence-electron chi connectivity index (χ4n) is 5.02. The third-order valence-electron chi connectivity index (χ3n) is 6.94. The average molecular weight is 535 g/mol. The van der Waals surface area contributed by atoms with Crippen LogP contribution in [0.3, 0.4) is 0 Å². The second-order valence-corrected chi connectivity index (χ2v) is 10.8. The quantitative estimate of drug-likeness (QED) is 0.355. The molecule has 0 spiro atoms. The van der Waals surface area contributed by atoms with E-state index >= 15 is 0 Å². The Labute approximate surface area is 231 Å². The lowest BCUT2D eigenvalue weighted by atomic mass is 10.0. The molecule has 2 aromatic rings. The number of nitrogens with one attached hydrogen (secondary N) is 2. The summed E-state index contributed by atoms with van der Waals surface area (Å²) in [5.41, 5.74) is 10.4. The molecule has 2 heterocycles. The van der Waals surface area contributed by atoms with E-state index in [-0.39, 0.29) is 24.5 Å². The molecule has 0 radical (unpaired) electrons. The molecule has 210 valence electrons. The fourth-order valence-corrected chi connectivity index (χ4v) is 5.02. The van der Waals surface area contributed by atoms with Crippen LogP contribution in [0.5, 0.6) is 5.75 Å². The zero-order valence-corrected chi connectivity index (χ0v) is 23.4. The number of anilines is 1. The number of rotatable bonds is 12. The molecule has 0 fully saturated rings. The number of guanidine groups is 1. The Kier molecular flexibility index (Phi) is 9.68. The Morgan fingerprint density at radius 2 is 2.05 bits per heavy atom. The Morgan fingerprint density at radius 3 is 2.85 bits per heavy atom. The van der Waals surface area contributed by atoms with Gasteiger partial charge in [-0.3, -0.25) is 9.59 Å². The van der Waals surface area contributed by atoms with Crippen molar-refractivity contribution in [2.75, 3.05) is 31.6 Å². The van der Waals surface area contributed by atoms with Gasteiger partial charge in [0.15, 0.2) is 5.96 Å². The second-order valence-electron chi connectivity index (χ2n) is 10.8. The Morgan fingerprint density at radius 1 is 1.23 bits per heavy atom. The zero-order chi connectivity index (χ0) is 27.8. The monoisotopic (exact) mass is 534 g/mol. The van der Waals surface area contributed by atoms with Crippen LogP contribution in [0.2, 0.25) is 0 Å². The van der Waals surface area contributed by atoms with Crippen LogP contribution in [0.1, 0.15) is 57.6 Å². The largest absolute Gasteiger partial charge is 0.494 e. The van der Waals surface area contributed by atoms with Crippen molar-refractivity contribution in [1.29, 1.82) is 0 Å². The maximum Gasteiger partial charge on any atom is 0.242 e. The molecule has 0 aromatic heterocycles. The van der Waals surface area contributed by atoms with Gasteiger partial charge in [0, 0.05) is 37.8 Å². The highest BCUT2D eigenvalue weighted by atomic mass is 16.5. The second kappa shape index (κ2) is 13.4. The summed E-state index contributed by atoms with van der Waals surface area (Å²) >= 11 is 0. The van der Waals surface area contributed by atoms with Crippen molar-refractivity contribution in [1.82, 2.24) is 15.1 Å². The van der Waals surface area contributed by atoms with Crippen LogP contribution in [0, 0.1) is 5.92 Å². The van der Waals surface area contributed by atoms with Crippen LogP contribution in [0.25, 0.3) is 0 Å². The first kappa shape index (κ1) is 28.3. The van der Waals surface area contributed by atoms with Gasteiger partial charge in [0.2, 0.25) is 11.8 Å². The minimum Gasteiger partial charge on any atom is -0.494 e. The van der Waals surface area contributed by atoms with Crippen molar-refractivity contribution in [3.8, 4) is 5.75 Å². The predicted molar refractivity (Wildman–Crippen MR) is 155 cm³/mol. The van der Waals surface area contributed by atoms with E-state index in [1.807, 2.05) is 46.2 Å². The fraction of sp³-hybridized carbons (Fsp3) is 0.500. The van der Waals surface area contributed by atoms with Crippen LogP contribution >= 0.6 is 0 Å². The van der Waals surface area contributed by atoms with Gasteiger partial charge in [0.25, 0.3) is 0 Å². The van der Waals surface area contributed by atoms with Gasteiger partial charge in [-0.15, -0.1) is 0 Å².